The third-order valence-corrected chi connectivity index (χ3v) is 3.13. The third kappa shape index (κ3) is 2.54. The maximum atomic E-state index is 9.32. The molecule has 0 aliphatic carbocycles. The monoisotopic (exact) mass is 245 g/mol. The molecule has 96 valence electrons. The standard InChI is InChI=1S/C14H19N3O/c1-10(18)6-8-17(2)13-4-3-11-9-16-7-5-12(11)14(13)15/h3-5,7,9-10,18H,6,8,15H2,1-2H3. The lowest BCUT2D eigenvalue weighted by Gasteiger charge is -2.22. The van der Waals surface area contributed by atoms with Crippen LogP contribution in [-0.2, 0) is 0 Å². The van der Waals surface area contributed by atoms with E-state index in [0.29, 0.717) is 0 Å². The SMILES string of the molecule is CC(O)CCN(C)c1ccc2cnccc2c1N. The van der Waals surface area contributed by atoms with Gasteiger partial charge in [-0.25, -0.2) is 0 Å². The minimum absolute atomic E-state index is 0.293. The maximum Gasteiger partial charge on any atom is 0.0632 e. The van der Waals surface area contributed by atoms with E-state index in [4.69, 9.17) is 5.73 Å². The fourth-order valence-corrected chi connectivity index (χ4v) is 2.02. The summed E-state index contributed by atoms with van der Waals surface area (Å²) in [6.45, 7) is 2.57. The lowest BCUT2D eigenvalue weighted by atomic mass is 10.1. The Morgan fingerprint density at radius 2 is 2.17 bits per heavy atom. The van der Waals surface area contributed by atoms with Crippen molar-refractivity contribution in [3.8, 4) is 0 Å². The first-order valence-electron chi connectivity index (χ1n) is 6.11. The highest BCUT2D eigenvalue weighted by Crippen LogP contribution is 2.30. The molecular weight excluding hydrogens is 226 g/mol. The lowest BCUT2D eigenvalue weighted by Crippen LogP contribution is -2.22. The van der Waals surface area contributed by atoms with Crippen molar-refractivity contribution in [3.05, 3.63) is 30.6 Å². The van der Waals surface area contributed by atoms with Gasteiger partial charge in [0.15, 0.2) is 0 Å². The highest BCUT2D eigenvalue weighted by molar-refractivity contribution is 5.98. The quantitative estimate of drug-likeness (QED) is 0.809. The molecule has 1 unspecified atom stereocenters. The van der Waals surface area contributed by atoms with Crippen LogP contribution in [0.4, 0.5) is 11.4 Å². The smallest absolute Gasteiger partial charge is 0.0632 e. The first-order valence-corrected chi connectivity index (χ1v) is 6.11. The van der Waals surface area contributed by atoms with Gasteiger partial charge in [0.25, 0.3) is 0 Å². The van der Waals surface area contributed by atoms with Crippen LogP contribution in [0.3, 0.4) is 0 Å². The van der Waals surface area contributed by atoms with Crippen molar-refractivity contribution >= 4 is 22.1 Å². The highest BCUT2D eigenvalue weighted by Gasteiger charge is 2.09. The molecule has 0 amide bonds. The van der Waals surface area contributed by atoms with Crippen molar-refractivity contribution < 1.29 is 5.11 Å². The molecule has 1 heterocycles. The summed E-state index contributed by atoms with van der Waals surface area (Å²) in [7, 11) is 1.99. The molecular formula is C14H19N3O. The van der Waals surface area contributed by atoms with E-state index in [1.807, 2.05) is 31.4 Å². The third-order valence-electron chi connectivity index (χ3n) is 3.13. The number of rotatable bonds is 4. The Morgan fingerprint density at radius 3 is 2.89 bits per heavy atom. The van der Waals surface area contributed by atoms with Gasteiger partial charge in [0.05, 0.1) is 17.5 Å². The van der Waals surface area contributed by atoms with Gasteiger partial charge in [-0.05, 0) is 25.5 Å². The number of nitrogens with two attached hydrogens (primary N) is 1. The van der Waals surface area contributed by atoms with Crippen LogP contribution in [-0.4, -0.2) is 29.8 Å². The second kappa shape index (κ2) is 5.23. The molecule has 4 nitrogen and oxygen atoms in total. The molecule has 0 radical (unpaired) electrons. The van der Waals surface area contributed by atoms with E-state index in [1.54, 1.807) is 13.1 Å². The van der Waals surface area contributed by atoms with Crippen LogP contribution in [0, 0.1) is 0 Å². The average Bonchev–Trinajstić information content (AvgIpc) is 2.37. The van der Waals surface area contributed by atoms with E-state index in [2.05, 4.69) is 9.88 Å². The first-order chi connectivity index (χ1) is 8.59. The summed E-state index contributed by atoms with van der Waals surface area (Å²) in [6, 6.07) is 5.95. The van der Waals surface area contributed by atoms with Crippen molar-refractivity contribution in [1.82, 2.24) is 4.98 Å². The molecule has 1 aromatic heterocycles. The van der Waals surface area contributed by atoms with E-state index in [9.17, 15) is 5.11 Å². The molecule has 0 spiro atoms. The summed E-state index contributed by atoms with van der Waals surface area (Å²) >= 11 is 0. The molecule has 3 N–H and O–H groups in total. The van der Waals surface area contributed by atoms with Gasteiger partial charge in [-0.3, -0.25) is 4.98 Å². The summed E-state index contributed by atoms with van der Waals surface area (Å²) in [5, 5.41) is 11.4. The zero-order valence-corrected chi connectivity index (χ0v) is 10.8. The molecule has 0 saturated heterocycles. The van der Waals surface area contributed by atoms with E-state index in [0.717, 1.165) is 35.1 Å². The maximum absolute atomic E-state index is 9.32. The molecule has 1 atom stereocenters. The van der Waals surface area contributed by atoms with Gasteiger partial charge in [0, 0.05) is 36.8 Å². The Balaban J connectivity index is 2.31. The van der Waals surface area contributed by atoms with Gasteiger partial charge in [0.2, 0.25) is 0 Å². The summed E-state index contributed by atoms with van der Waals surface area (Å²) in [5.74, 6) is 0. The predicted octanol–water partition coefficient (Wildman–Crippen LogP) is 2.02. The predicted molar refractivity (Wildman–Crippen MR) is 75.7 cm³/mol. The Kier molecular flexibility index (Phi) is 3.67. The van der Waals surface area contributed by atoms with E-state index in [1.165, 1.54) is 0 Å². The molecule has 2 aromatic rings. The Morgan fingerprint density at radius 1 is 1.39 bits per heavy atom. The van der Waals surface area contributed by atoms with Crippen molar-refractivity contribution in [2.75, 3.05) is 24.2 Å². The van der Waals surface area contributed by atoms with Gasteiger partial charge in [-0.15, -0.1) is 0 Å². The molecule has 2 rings (SSSR count). The van der Waals surface area contributed by atoms with Crippen molar-refractivity contribution in [2.45, 2.75) is 19.4 Å². The number of aliphatic hydroxyl groups excluding tert-OH is 1. The molecule has 0 aliphatic rings. The number of benzene rings is 1. The van der Waals surface area contributed by atoms with E-state index >= 15 is 0 Å². The molecule has 0 fully saturated rings. The van der Waals surface area contributed by atoms with Crippen molar-refractivity contribution in [2.24, 2.45) is 0 Å². The van der Waals surface area contributed by atoms with E-state index in [-0.39, 0.29) is 6.10 Å². The second-order valence-electron chi connectivity index (χ2n) is 4.65. The zero-order valence-electron chi connectivity index (χ0n) is 10.8. The molecule has 0 bridgehead atoms. The lowest BCUT2D eigenvalue weighted by molar-refractivity contribution is 0.187. The minimum Gasteiger partial charge on any atom is -0.397 e. The number of nitrogens with zero attached hydrogens (tertiary/aromatic N) is 2. The number of aromatic nitrogens is 1. The van der Waals surface area contributed by atoms with Crippen molar-refractivity contribution in [3.63, 3.8) is 0 Å². The van der Waals surface area contributed by atoms with Gasteiger partial charge < -0.3 is 15.7 Å². The summed E-state index contributed by atoms with van der Waals surface area (Å²) in [4.78, 5) is 6.16. The number of hydrogen-bond acceptors (Lipinski definition) is 4. The van der Waals surface area contributed by atoms with Crippen LogP contribution in [0.15, 0.2) is 30.6 Å². The topological polar surface area (TPSA) is 62.4 Å². The van der Waals surface area contributed by atoms with Crippen LogP contribution in [0.5, 0.6) is 0 Å². The van der Waals surface area contributed by atoms with E-state index < -0.39 is 0 Å². The van der Waals surface area contributed by atoms with Crippen LogP contribution >= 0.6 is 0 Å². The molecule has 4 heteroatoms. The second-order valence-corrected chi connectivity index (χ2v) is 4.65. The molecule has 0 aliphatic heterocycles. The molecule has 1 aromatic carbocycles. The van der Waals surface area contributed by atoms with Gasteiger partial charge in [-0.2, -0.15) is 0 Å². The number of fused-ring (bicyclic) bond motifs is 1. The van der Waals surface area contributed by atoms with Crippen LogP contribution in [0.1, 0.15) is 13.3 Å². The van der Waals surface area contributed by atoms with Crippen LogP contribution in [0.25, 0.3) is 10.8 Å². The number of hydrogen-bond donors (Lipinski definition) is 2. The fourth-order valence-electron chi connectivity index (χ4n) is 2.02. The fraction of sp³-hybridized carbons (Fsp3) is 0.357. The number of aliphatic hydroxyl groups is 1. The number of anilines is 2. The summed E-state index contributed by atoms with van der Waals surface area (Å²) in [5.41, 5.74) is 7.96. The van der Waals surface area contributed by atoms with Crippen LogP contribution in [0.2, 0.25) is 0 Å². The van der Waals surface area contributed by atoms with Gasteiger partial charge in [0.1, 0.15) is 0 Å². The first kappa shape index (κ1) is 12.6. The molecule has 18 heavy (non-hydrogen) atoms. The van der Waals surface area contributed by atoms with Crippen LogP contribution < -0.4 is 10.6 Å². The Hall–Kier alpha value is -1.81. The normalized spacial score (nSPS) is 12.6. The Bertz CT molecular complexity index is 540. The zero-order chi connectivity index (χ0) is 13.1. The summed E-state index contributed by atoms with van der Waals surface area (Å²) < 4.78 is 0. The highest BCUT2D eigenvalue weighted by atomic mass is 16.3. The molecule has 0 saturated carbocycles. The minimum atomic E-state index is -0.293. The van der Waals surface area contributed by atoms with Gasteiger partial charge >= 0.3 is 0 Å². The number of nitrogen functional groups attached to an aromatic ring is 1. The summed E-state index contributed by atoms with van der Waals surface area (Å²) in [6.07, 6.45) is 3.99. The number of pyridine rings is 1. The average molecular weight is 245 g/mol. The Labute approximate surface area is 107 Å². The largest absolute Gasteiger partial charge is 0.397 e. The van der Waals surface area contributed by atoms with Crippen molar-refractivity contribution in [1.29, 1.82) is 0 Å². The van der Waals surface area contributed by atoms with Gasteiger partial charge in [-0.1, -0.05) is 6.07 Å².